The molecule has 0 spiro atoms. The van der Waals surface area contributed by atoms with Crippen LogP contribution in [-0.4, -0.2) is 61.4 Å². The summed E-state index contributed by atoms with van der Waals surface area (Å²) in [6.07, 6.45) is 0.769. The van der Waals surface area contributed by atoms with E-state index in [1.165, 1.54) is 10.4 Å². The van der Waals surface area contributed by atoms with Gasteiger partial charge in [0.25, 0.3) is 10.0 Å². The molecule has 0 aromatic carbocycles. The Hall–Kier alpha value is -0.670. The molecule has 118 valence electrons. The van der Waals surface area contributed by atoms with E-state index in [1.54, 1.807) is 6.07 Å². The van der Waals surface area contributed by atoms with Crippen molar-refractivity contribution in [2.45, 2.75) is 17.1 Å². The maximum absolute atomic E-state index is 12.5. The van der Waals surface area contributed by atoms with Gasteiger partial charge in [0.15, 0.2) is 0 Å². The van der Waals surface area contributed by atoms with Crippen LogP contribution in [0.4, 0.5) is 0 Å². The average Bonchev–Trinajstić information content (AvgIpc) is 2.72. The normalized spacial score (nSPS) is 18.5. The number of nitrogens with zero attached hydrogens (tertiary/aromatic N) is 2. The van der Waals surface area contributed by atoms with Crippen LogP contribution in [0.25, 0.3) is 0 Å². The van der Waals surface area contributed by atoms with Crippen molar-refractivity contribution in [3.05, 3.63) is 16.5 Å². The lowest BCUT2D eigenvalue weighted by atomic mass is 10.3. The predicted molar refractivity (Wildman–Crippen MR) is 81.4 cm³/mol. The van der Waals surface area contributed by atoms with E-state index in [0.29, 0.717) is 43.5 Å². The number of thiophene rings is 1. The molecule has 1 aliphatic heterocycles. The van der Waals surface area contributed by atoms with Gasteiger partial charge in [-0.1, -0.05) is 11.6 Å². The molecule has 0 saturated carbocycles. The Morgan fingerprint density at radius 3 is 2.67 bits per heavy atom. The Kier molecular flexibility index (Phi) is 5.61. The smallest absolute Gasteiger partial charge is 0.304 e. The third-order valence-electron chi connectivity index (χ3n) is 3.33. The fourth-order valence-corrected chi connectivity index (χ4v) is 5.34. The van der Waals surface area contributed by atoms with Crippen LogP contribution in [-0.2, 0) is 14.8 Å². The summed E-state index contributed by atoms with van der Waals surface area (Å²) in [6.45, 7) is 2.53. The molecule has 1 aliphatic rings. The van der Waals surface area contributed by atoms with Crippen LogP contribution >= 0.6 is 22.9 Å². The highest BCUT2D eigenvalue weighted by Crippen LogP contribution is 2.28. The monoisotopic (exact) mass is 352 g/mol. The fourth-order valence-electron chi connectivity index (χ4n) is 2.23. The van der Waals surface area contributed by atoms with E-state index in [4.69, 9.17) is 16.7 Å². The van der Waals surface area contributed by atoms with Crippen LogP contribution in [0.3, 0.4) is 0 Å². The summed E-state index contributed by atoms with van der Waals surface area (Å²) in [5.41, 5.74) is 0. The first-order valence-electron chi connectivity index (χ1n) is 6.59. The predicted octanol–water partition coefficient (Wildman–Crippen LogP) is 1.57. The highest BCUT2D eigenvalue weighted by molar-refractivity contribution is 7.91. The van der Waals surface area contributed by atoms with E-state index >= 15 is 0 Å². The van der Waals surface area contributed by atoms with Crippen LogP contribution < -0.4 is 0 Å². The zero-order chi connectivity index (χ0) is 15.5. The summed E-state index contributed by atoms with van der Waals surface area (Å²) >= 11 is 6.86. The molecule has 0 unspecified atom stereocenters. The van der Waals surface area contributed by atoms with E-state index in [9.17, 15) is 13.2 Å². The third-order valence-corrected chi connectivity index (χ3v) is 6.93. The van der Waals surface area contributed by atoms with Gasteiger partial charge in [0.05, 0.1) is 10.8 Å². The summed E-state index contributed by atoms with van der Waals surface area (Å²) in [5.74, 6) is -0.836. The van der Waals surface area contributed by atoms with Gasteiger partial charge in [-0.3, -0.25) is 4.79 Å². The quantitative estimate of drug-likeness (QED) is 0.870. The fraction of sp³-hybridized carbons (Fsp3) is 0.583. The summed E-state index contributed by atoms with van der Waals surface area (Å²) in [4.78, 5) is 12.6. The first-order chi connectivity index (χ1) is 9.89. The lowest BCUT2D eigenvalue weighted by molar-refractivity contribution is -0.137. The average molecular weight is 353 g/mol. The number of carboxylic acids is 1. The molecule has 9 heteroatoms. The Morgan fingerprint density at radius 1 is 1.29 bits per heavy atom. The van der Waals surface area contributed by atoms with E-state index < -0.39 is 16.0 Å². The molecule has 1 N–H and O–H groups in total. The van der Waals surface area contributed by atoms with Crippen LogP contribution in [0, 0.1) is 0 Å². The molecule has 1 fully saturated rings. The number of hydrogen-bond acceptors (Lipinski definition) is 5. The molecule has 21 heavy (non-hydrogen) atoms. The molecule has 2 rings (SSSR count). The van der Waals surface area contributed by atoms with E-state index in [2.05, 4.69) is 0 Å². The minimum absolute atomic E-state index is 0.0767. The van der Waals surface area contributed by atoms with Crippen LogP contribution in [0.5, 0.6) is 0 Å². The highest BCUT2D eigenvalue weighted by Gasteiger charge is 2.28. The van der Waals surface area contributed by atoms with Gasteiger partial charge in [0.1, 0.15) is 4.21 Å². The van der Waals surface area contributed by atoms with Crippen molar-refractivity contribution in [1.29, 1.82) is 0 Å². The second-order valence-corrected chi connectivity index (χ2v) is 8.68. The maximum Gasteiger partial charge on any atom is 0.304 e. The van der Waals surface area contributed by atoms with Gasteiger partial charge in [-0.15, -0.1) is 11.3 Å². The molecule has 1 aromatic heterocycles. The largest absolute Gasteiger partial charge is 0.481 e. The molecular weight excluding hydrogens is 336 g/mol. The van der Waals surface area contributed by atoms with Crippen molar-refractivity contribution in [2.75, 3.05) is 32.7 Å². The number of hydrogen-bond donors (Lipinski definition) is 1. The van der Waals surface area contributed by atoms with E-state index in [1.807, 2.05) is 4.90 Å². The SMILES string of the molecule is O=C(O)CCN1CCCN(S(=O)(=O)c2ccc(Cl)s2)CC1. The van der Waals surface area contributed by atoms with Crippen molar-refractivity contribution in [1.82, 2.24) is 9.21 Å². The molecular formula is C12H17ClN2O4S2. The number of aliphatic carboxylic acids is 1. The second-order valence-electron chi connectivity index (χ2n) is 4.80. The molecule has 1 aromatic rings. The Labute approximate surface area is 133 Å². The first kappa shape index (κ1) is 16.7. The Balaban J connectivity index is 2.01. The Morgan fingerprint density at radius 2 is 2.05 bits per heavy atom. The first-order valence-corrected chi connectivity index (χ1v) is 9.22. The number of halogens is 1. The van der Waals surface area contributed by atoms with Crippen molar-refractivity contribution < 1.29 is 18.3 Å². The van der Waals surface area contributed by atoms with Gasteiger partial charge in [0, 0.05) is 26.2 Å². The van der Waals surface area contributed by atoms with Gasteiger partial charge < -0.3 is 10.0 Å². The van der Waals surface area contributed by atoms with Crippen molar-refractivity contribution in [3.8, 4) is 0 Å². The standard InChI is InChI=1S/C12H17ClN2O4S2/c13-10-2-3-12(20-10)21(18,19)15-6-1-5-14(8-9-15)7-4-11(16)17/h2-3H,1,4-9H2,(H,16,17). The molecule has 0 atom stereocenters. The molecule has 1 saturated heterocycles. The lowest BCUT2D eigenvalue weighted by Gasteiger charge is -2.20. The topological polar surface area (TPSA) is 77.9 Å². The number of carboxylic acid groups (broad SMARTS) is 1. The highest BCUT2D eigenvalue weighted by atomic mass is 35.5. The van der Waals surface area contributed by atoms with E-state index in [0.717, 1.165) is 11.3 Å². The minimum Gasteiger partial charge on any atom is -0.481 e. The number of rotatable bonds is 5. The van der Waals surface area contributed by atoms with Gasteiger partial charge in [0.2, 0.25) is 0 Å². The second kappa shape index (κ2) is 7.06. The molecule has 0 bridgehead atoms. The van der Waals surface area contributed by atoms with E-state index in [-0.39, 0.29) is 10.6 Å². The third kappa shape index (κ3) is 4.40. The van der Waals surface area contributed by atoms with Gasteiger partial charge >= 0.3 is 5.97 Å². The summed E-state index contributed by atoms with van der Waals surface area (Å²) in [5, 5.41) is 8.70. The zero-order valence-electron chi connectivity index (χ0n) is 11.4. The molecule has 6 nitrogen and oxygen atoms in total. The summed E-state index contributed by atoms with van der Waals surface area (Å²) < 4.78 is 27.1. The van der Waals surface area contributed by atoms with Crippen LogP contribution in [0.2, 0.25) is 4.34 Å². The minimum atomic E-state index is -3.49. The molecule has 2 heterocycles. The van der Waals surface area contributed by atoms with Gasteiger partial charge in [-0.05, 0) is 25.1 Å². The van der Waals surface area contributed by atoms with Crippen LogP contribution in [0.15, 0.2) is 16.3 Å². The Bertz CT molecular complexity index is 602. The van der Waals surface area contributed by atoms with Gasteiger partial charge in [-0.25, -0.2) is 8.42 Å². The van der Waals surface area contributed by atoms with Crippen LogP contribution in [0.1, 0.15) is 12.8 Å². The molecule has 0 radical (unpaired) electrons. The lowest BCUT2D eigenvalue weighted by Crippen LogP contribution is -2.35. The zero-order valence-corrected chi connectivity index (χ0v) is 13.8. The molecule has 0 amide bonds. The molecule has 0 aliphatic carbocycles. The number of sulfonamides is 1. The summed E-state index contributed by atoms with van der Waals surface area (Å²) in [7, 11) is -3.49. The van der Waals surface area contributed by atoms with Gasteiger partial charge in [-0.2, -0.15) is 4.31 Å². The van der Waals surface area contributed by atoms with Crippen molar-refractivity contribution in [3.63, 3.8) is 0 Å². The summed E-state index contributed by atoms with van der Waals surface area (Å²) in [6, 6.07) is 3.10. The van der Waals surface area contributed by atoms with Crippen molar-refractivity contribution >= 4 is 38.9 Å². The van der Waals surface area contributed by atoms with Crippen molar-refractivity contribution in [2.24, 2.45) is 0 Å². The number of carbonyl (C=O) groups is 1. The maximum atomic E-state index is 12.5.